The van der Waals surface area contributed by atoms with Crippen LogP contribution in [0.3, 0.4) is 0 Å². The van der Waals surface area contributed by atoms with Gasteiger partial charge in [0.15, 0.2) is 0 Å². The maximum atomic E-state index is 12.7. The lowest BCUT2D eigenvalue weighted by Crippen LogP contribution is -2.23. The van der Waals surface area contributed by atoms with Crippen molar-refractivity contribution in [2.75, 3.05) is 18.8 Å². The van der Waals surface area contributed by atoms with Crippen LogP contribution in [0.1, 0.15) is 23.1 Å². The van der Waals surface area contributed by atoms with E-state index in [1.165, 1.54) is 25.7 Å². The molecule has 8 heteroatoms. The summed E-state index contributed by atoms with van der Waals surface area (Å²) < 4.78 is 53.9. The first-order valence-electron chi connectivity index (χ1n) is 8.29. The lowest BCUT2D eigenvalue weighted by molar-refractivity contribution is 0.520. The molecule has 0 heterocycles. The Morgan fingerprint density at radius 2 is 1.62 bits per heavy atom. The van der Waals surface area contributed by atoms with Gasteiger partial charge in [0.05, 0.1) is 15.5 Å². The van der Waals surface area contributed by atoms with Crippen molar-refractivity contribution in [1.29, 1.82) is 0 Å². The van der Waals surface area contributed by atoms with Crippen LogP contribution in [0.4, 0.5) is 5.69 Å². The third-order valence-electron chi connectivity index (χ3n) is 4.58. The Morgan fingerprint density at radius 1 is 0.923 bits per heavy atom. The molecule has 0 saturated carbocycles. The number of nitrogens with one attached hydrogen (secondary N) is 1. The smallest absolute Gasteiger partial charge is 0.261 e. The minimum Gasteiger partial charge on any atom is -0.280 e. The first-order valence-corrected chi connectivity index (χ1v) is 11.2. The van der Waals surface area contributed by atoms with Gasteiger partial charge in [0.1, 0.15) is 0 Å². The van der Waals surface area contributed by atoms with E-state index in [1.54, 1.807) is 31.2 Å². The zero-order chi connectivity index (χ0) is 19.1. The molecular weight excluding hydrogens is 372 g/mol. The fraction of sp³-hybridized carbons (Fsp3) is 0.333. The van der Waals surface area contributed by atoms with Crippen molar-refractivity contribution >= 4 is 25.7 Å². The van der Waals surface area contributed by atoms with E-state index in [1.807, 2.05) is 6.07 Å². The van der Waals surface area contributed by atoms with Crippen LogP contribution >= 0.6 is 0 Å². The standard InChI is InChI=1S/C18H22N2O4S2/c1-13-7-9-16(12-18(13)26(23,24)20(2)3)19-25(21,22)17-10-8-14-5-4-6-15(14)11-17/h7-12,19H,4-6H2,1-3H3. The molecule has 0 unspecified atom stereocenters. The number of hydrogen-bond donors (Lipinski definition) is 1. The molecule has 0 aliphatic heterocycles. The van der Waals surface area contributed by atoms with Crippen molar-refractivity contribution in [3.63, 3.8) is 0 Å². The largest absolute Gasteiger partial charge is 0.280 e. The first kappa shape index (κ1) is 18.9. The molecule has 26 heavy (non-hydrogen) atoms. The Labute approximate surface area is 155 Å². The topological polar surface area (TPSA) is 83.5 Å². The molecule has 1 aliphatic carbocycles. The summed E-state index contributed by atoms with van der Waals surface area (Å²) >= 11 is 0. The molecule has 2 aromatic carbocycles. The lowest BCUT2D eigenvalue weighted by Gasteiger charge is -2.15. The van der Waals surface area contributed by atoms with E-state index < -0.39 is 20.0 Å². The van der Waals surface area contributed by atoms with Gasteiger partial charge < -0.3 is 0 Å². The van der Waals surface area contributed by atoms with Gasteiger partial charge in [0.25, 0.3) is 10.0 Å². The summed E-state index contributed by atoms with van der Waals surface area (Å²) in [4.78, 5) is 0.271. The third-order valence-corrected chi connectivity index (χ3v) is 7.92. The Hall–Kier alpha value is -1.90. The molecule has 0 radical (unpaired) electrons. The van der Waals surface area contributed by atoms with E-state index in [2.05, 4.69) is 4.72 Å². The van der Waals surface area contributed by atoms with Gasteiger partial charge in [-0.2, -0.15) is 0 Å². The third kappa shape index (κ3) is 3.49. The zero-order valence-electron chi connectivity index (χ0n) is 15.0. The number of nitrogens with zero attached hydrogens (tertiary/aromatic N) is 1. The number of aryl methyl sites for hydroxylation is 3. The van der Waals surface area contributed by atoms with Crippen molar-refractivity contribution < 1.29 is 16.8 Å². The van der Waals surface area contributed by atoms with E-state index in [0.717, 1.165) is 29.1 Å². The Morgan fingerprint density at radius 3 is 2.31 bits per heavy atom. The normalized spacial score (nSPS) is 14.5. The second-order valence-corrected chi connectivity index (χ2v) is 10.5. The van der Waals surface area contributed by atoms with Crippen LogP contribution in [-0.2, 0) is 32.9 Å². The molecule has 0 atom stereocenters. The summed E-state index contributed by atoms with van der Waals surface area (Å²) in [6.45, 7) is 1.68. The Balaban J connectivity index is 1.96. The molecule has 0 saturated heterocycles. The van der Waals surface area contributed by atoms with E-state index in [-0.39, 0.29) is 15.5 Å². The van der Waals surface area contributed by atoms with E-state index in [9.17, 15) is 16.8 Å². The number of hydrogen-bond acceptors (Lipinski definition) is 4. The second kappa shape index (κ2) is 6.68. The zero-order valence-corrected chi connectivity index (χ0v) is 16.6. The molecule has 0 spiro atoms. The van der Waals surface area contributed by atoms with Gasteiger partial charge in [-0.25, -0.2) is 21.1 Å². The lowest BCUT2D eigenvalue weighted by atomic mass is 10.1. The maximum Gasteiger partial charge on any atom is 0.261 e. The summed E-state index contributed by atoms with van der Waals surface area (Å²) in [5.74, 6) is 0. The van der Waals surface area contributed by atoms with Crippen molar-refractivity contribution in [2.24, 2.45) is 0 Å². The highest BCUT2D eigenvalue weighted by molar-refractivity contribution is 7.92. The number of anilines is 1. The summed E-state index contributed by atoms with van der Waals surface area (Å²) in [5.41, 5.74) is 3.03. The van der Waals surface area contributed by atoms with Gasteiger partial charge in [-0.15, -0.1) is 0 Å². The fourth-order valence-corrected chi connectivity index (χ4v) is 5.31. The second-order valence-electron chi connectivity index (χ2n) is 6.66. The fourth-order valence-electron chi connectivity index (χ4n) is 3.07. The molecule has 0 bridgehead atoms. The maximum absolute atomic E-state index is 12.7. The SMILES string of the molecule is Cc1ccc(NS(=O)(=O)c2ccc3c(c2)CCC3)cc1S(=O)(=O)N(C)C. The summed E-state index contributed by atoms with van der Waals surface area (Å²) in [5, 5.41) is 0. The monoisotopic (exact) mass is 394 g/mol. The molecule has 140 valence electrons. The van der Waals surface area contributed by atoms with Crippen LogP contribution in [0.5, 0.6) is 0 Å². The summed E-state index contributed by atoms with van der Waals surface area (Å²) in [6, 6.07) is 9.67. The quantitative estimate of drug-likeness (QED) is 0.845. The molecule has 6 nitrogen and oxygen atoms in total. The Kier molecular flexibility index (Phi) is 4.85. The number of benzene rings is 2. The van der Waals surface area contributed by atoms with Gasteiger partial charge >= 0.3 is 0 Å². The van der Waals surface area contributed by atoms with Gasteiger partial charge in [0, 0.05) is 14.1 Å². The van der Waals surface area contributed by atoms with Crippen LogP contribution in [-0.4, -0.2) is 35.2 Å². The predicted molar refractivity (Wildman–Crippen MR) is 101 cm³/mol. The molecule has 0 fully saturated rings. The highest BCUT2D eigenvalue weighted by atomic mass is 32.2. The van der Waals surface area contributed by atoms with Crippen LogP contribution < -0.4 is 4.72 Å². The average Bonchev–Trinajstić information content (AvgIpc) is 3.03. The Bertz CT molecular complexity index is 1060. The average molecular weight is 395 g/mol. The van der Waals surface area contributed by atoms with Gasteiger partial charge in [-0.05, 0) is 67.1 Å². The van der Waals surface area contributed by atoms with Crippen LogP contribution in [0, 0.1) is 6.92 Å². The highest BCUT2D eigenvalue weighted by Crippen LogP contribution is 2.27. The first-order chi connectivity index (χ1) is 12.1. The molecule has 1 N–H and O–H groups in total. The van der Waals surface area contributed by atoms with E-state index >= 15 is 0 Å². The van der Waals surface area contributed by atoms with Crippen LogP contribution in [0.25, 0.3) is 0 Å². The van der Waals surface area contributed by atoms with Gasteiger partial charge in [-0.3, -0.25) is 4.72 Å². The van der Waals surface area contributed by atoms with E-state index in [0.29, 0.717) is 5.56 Å². The van der Waals surface area contributed by atoms with Crippen LogP contribution in [0.2, 0.25) is 0 Å². The number of sulfonamides is 2. The minimum absolute atomic E-state index is 0.0802. The highest BCUT2D eigenvalue weighted by Gasteiger charge is 2.22. The number of fused-ring (bicyclic) bond motifs is 1. The summed E-state index contributed by atoms with van der Waals surface area (Å²) in [6.07, 6.45) is 2.90. The van der Waals surface area contributed by atoms with Crippen molar-refractivity contribution in [1.82, 2.24) is 4.31 Å². The predicted octanol–water partition coefficient (Wildman–Crippen LogP) is 2.53. The van der Waals surface area contributed by atoms with Crippen LogP contribution in [0.15, 0.2) is 46.2 Å². The molecule has 0 aromatic heterocycles. The molecule has 3 rings (SSSR count). The van der Waals surface area contributed by atoms with Gasteiger partial charge in [-0.1, -0.05) is 12.1 Å². The molecule has 1 aliphatic rings. The molecule has 2 aromatic rings. The van der Waals surface area contributed by atoms with Crippen molar-refractivity contribution in [3.05, 3.63) is 53.1 Å². The van der Waals surface area contributed by atoms with Crippen molar-refractivity contribution in [3.8, 4) is 0 Å². The van der Waals surface area contributed by atoms with Gasteiger partial charge in [0.2, 0.25) is 10.0 Å². The summed E-state index contributed by atoms with van der Waals surface area (Å²) in [7, 11) is -4.57. The molecule has 0 amide bonds. The number of rotatable bonds is 5. The van der Waals surface area contributed by atoms with E-state index in [4.69, 9.17) is 0 Å². The van der Waals surface area contributed by atoms with Crippen molar-refractivity contribution in [2.45, 2.75) is 36.0 Å². The minimum atomic E-state index is -3.79. The molecular formula is C18H22N2O4S2.